The maximum atomic E-state index is 13.1. The summed E-state index contributed by atoms with van der Waals surface area (Å²) >= 11 is 0. The molecule has 0 unspecified atom stereocenters. The molecule has 0 bridgehead atoms. The van der Waals surface area contributed by atoms with Gasteiger partial charge in [0.05, 0.1) is 12.2 Å². The van der Waals surface area contributed by atoms with E-state index in [1.54, 1.807) is 30.3 Å². The van der Waals surface area contributed by atoms with Gasteiger partial charge in [0, 0.05) is 12.6 Å². The van der Waals surface area contributed by atoms with Gasteiger partial charge in [0.2, 0.25) is 15.9 Å². The van der Waals surface area contributed by atoms with Crippen LogP contribution in [-0.2, 0) is 30.8 Å². The number of carbonyl (C=O) groups excluding carboxylic acids is 2. The Hall–Kier alpha value is -3.54. The molecule has 2 rings (SSSR count). The first-order valence-electron chi connectivity index (χ1n) is 9.94. The number of alkyl halides is 1. The monoisotopic (exact) mass is 481 g/mol. The summed E-state index contributed by atoms with van der Waals surface area (Å²) in [7, 11) is -3.78. The Labute approximate surface area is 189 Å². The van der Waals surface area contributed by atoms with E-state index < -0.39 is 58.4 Å². The number of carboxylic acid groups (broad SMARTS) is 1. The van der Waals surface area contributed by atoms with E-state index in [9.17, 15) is 32.0 Å². The van der Waals surface area contributed by atoms with Crippen molar-refractivity contribution >= 4 is 33.4 Å². The number of nitrogens with zero attached hydrogens (tertiary/aromatic N) is 1. The Bertz CT molecular complexity index is 1170. The van der Waals surface area contributed by atoms with E-state index in [4.69, 9.17) is 5.11 Å². The number of carboxylic acids is 1. The number of Topliss-reactive ketones (excluding diaryl/α,β-unsaturated/α-hetero) is 1. The zero-order chi connectivity index (χ0) is 24.6. The van der Waals surface area contributed by atoms with Crippen LogP contribution in [0.4, 0.5) is 10.1 Å². The van der Waals surface area contributed by atoms with Crippen LogP contribution in [0.15, 0.2) is 53.5 Å². The largest absolute Gasteiger partial charge is 0.481 e. The molecule has 12 heteroatoms. The zero-order valence-corrected chi connectivity index (χ0v) is 18.5. The van der Waals surface area contributed by atoms with Crippen LogP contribution in [0.3, 0.4) is 0 Å². The summed E-state index contributed by atoms with van der Waals surface area (Å²) in [4.78, 5) is 48.9. The molecule has 0 aliphatic rings. The number of hydrogen-bond donors (Lipinski definition) is 3. The van der Waals surface area contributed by atoms with Crippen molar-refractivity contribution < 1.29 is 32.3 Å². The van der Waals surface area contributed by atoms with E-state index in [0.29, 0.717) is 5.56 Å². The molecule has 0 fully saturated rings. The number of anilines is 1. The van der Waals surface area contributed by atoms with Crippen molar-refractivity contribution in [2.45, 2.75) is 31.8 Å². The lowest BCUT2D eigenvalue weighted by atomic mass is 10.0. The van der Waals surface area contributed by atoms with Crippen LogP contribution in [0, 0.1) is 0 Å². The molecule has 1 heterocycles. The van der Waals surface area contributed by atoms with Gasteiger partial charge in [-0.05, 0) is 24.6 Å². The fourth-order valence-corrected chi connectivity index (χ4v) is 3.64. The first-order valence-corrected chi connectivity index (χ1v) is 11.6. The van der Waals surface area contributed by atoms with E-state index in [-0.39, 0.29) is 17.9 Å². The van der Waals surface area contributed by atoms with Crippen LogP contribution >= 0.6 is 0 Å². The third-order valence-corrected chi connectivity index (χ3v) is 6.04. The topological polar surface area (TPSA) is 152 Å². The third kappa shape index (κ3) is 7.24. The number of benzene rings is 1. The summed E-state index contributed by atoms with van der Waals surface area (Å²) < 4.78 is 39.9. The van der Waals surface area contributed by atoms with E-state index in [2.05, 4.69) is 10.0 Å². The molecule has 0 radical (unpaired) electrons. The maximum absolute atomic E-state index is 13.1. The van der Waals surface area contributed by atoms with Gasteiger partial charge in [0.15, 0.2) is 5.78 Å². The van der Waals surface area contributed by atoms with Crippen molar-refractivity contribution in [1.82, 2.24) is 9.88 Å². The zero-order valence-electron chi connectivity index (χ0n) is 17.7. The minimum atomic E-state index is -3.78. The quantitative estimate of drug-likeness (QED) is 0.407. The fourth-order valence-electron chi connectivity index (χ4n) is 3.01. The average molecular weight is 482 g/mol. The molecule has 1 aromatic heterocycles. The highest BCUT2D eigenvalue weighted by molar-refractivity contribution is 7.92. The first-order chi connectivity index (χ1) is 15.6. The van der Waals surface area contributed by atoms with Gasteiger partial charge < -0.3 is 15.0 Å². The molecule has 2 aromatic rings. The van der Waals surface area contributed by atoms with Crippen LogP contribution < -0.4 is 15.6 Å². The highest BCUT2D eigenvalue weighted by Gasteiger charge is 2.29. The van der Waals surface area contributed by atoms with Gasteiger partial charge in [-0.3, -0.25) is 23.9 Å². The van der Waals surface area contributed by atoms with Crippen LogP contribution in [0.1, 0.15) is 24.9 Å². The van der Waals surface area contributed by atoms with Crippen LogP contribution in [0.2, 0.25) is 0 Å². The smallest absolute Gasteiger partial charge is 0.305 e. The van der Waals surface area contributed by atoms with Gasteiger partial charge in [-0.15, -0.1) is 0 Å². The van der Waals surface area contributed by atoms with Crippen molar-refractivity contribution in [2.24, 2.45) is 0 Å². The summed E-state index contributed by atoms with van der Waals surface area (Å²) in [5.74, 6) is -3.72. The molecule has 0 saturated heterocycles. The standard InChI is InChI=1S/C21H24FN3O7S/c1-2-33(31,32)24-15-9-6-10-25(21(15)30)17(11-14-7-4-3-5-8-14)20(29)23-16(12-19(27)28)18(26)13-22/h3-10,16-17,24H,2,11-13H2,1H3,(H,23,29)(H,27,28)/t16-,17+/m1/s1. The SMILES string of the molecule is CCS(=O)(=O)Nc1cccn([C@@H](Cc2ccccc2)C(=O)N[C@H](CC(=O)O)C(=O)CF)c1=O. The van der Waals surface area contributed by atoms with Gasteiger partial charge in [0.25, 0.3) is 5.56 Å². The molecule has 0 aliphatic carbocycles. The highest BCUT2D eigenvalue weighted by Crippen LogP contribution is 2.16. The predicted molar refractivity (Wildman–Crippen MR) is 118 cm³/mol. The lowest BCUT2D eigenvalue weighted by Gasteiger charge is -2.23. The van der Waals surface area contributed by atoms with Crippen molar-refractivity contribution in [2.75, 3.05) is 17.1 Å². The summed E-state index contributed by atoms with van der Waals surface area (Å²) in [6.45, 7) is -0.0876. The van der Waals surface area contributed by atoms with Crippen molar-refractivity contribution in [3.05, 3.63) is 64.6 Å². The average Bonchev–Trinajstić information content (AvgIpc) is 2.78. The maximum Gasteiger partial charge on any atom is 0.305 e. The highest BCUT2D eigenvalue weighted by atomic mass is 32.2. The van der Waals surface area contributed by atoms with Crippen molar-refractivity contribution in [1.29, 1.82) is 0 Å². The second-order valence-electron chi connectivity index (χ2n) is 7.10. The van der Waals surface area contributed by atoms with Crippen LogP contribution in [0.25, 0.3) is 0 Å². The number of aliphatic carboxylic acids is 1. The molecule has 178 valence electrons. The van der Waals surface area contributed by atoms with Crippen LogP contribution in [0.5, 0.6) is 0 Å². The number of amides is 1. The third-order valence-electron chi connectivity index (χ3n) is 4.75. The summed E-state index contributed by atoms with van der Waals surface area (Å²) in [6.07, 6.45) is 0.389. The molecule has 33 heavy (non-hydrogen) atoms. The number of rotatable bonds is 12. The lowest BCUT2D eigenvalue weighted by molar-refractivity contribution is -0.140. The molecule has 1 aromatic carbocycles. The molecule has 0 aliphatic heterocycles. The molecule has 1 amide bonds. The fraction of sp³-hybridized carbons (Fsp3) is 0.333. The Kier molecular flexibility index (Phi) is 8.85. The summed E-state index contributed by atoms with van der Waals surface area (Å²) in [5, 5.41) is 11.2. The Morgan fingerprint density at radius 3 is 2.36 bits per heavy atom. The number of aromatic nitrogens is 1. The number of sulfonamides is 1. The van der Waals surface area contributed by atoms with E-state index in [0.717, 1.165) is 4.57 Å². The van der Waals surface area contributed by atoms with Crippen LogP contribution in [-0.4, -0.2) is 54.2 Å². The van der Waals surface area contributed by atoms with E-state index in [1.165, 1.54) is 25.3 Å². The number of nitrogens with one attached hydrogen (secondary N) is 2. The number of carbonyl (C=O) groups is 3. The predicted octanol–water partition coefficient (Wildman–Crippen LogP) is 0.892. The van der Waals surface area contributed by atoms with E-state index >= 15 is 0 Å². The molecule has 2 atom stereocenters. The van der Waals surface area contributed by atoms with Gasteiger partial charge in [-0.25, -0.2) is 12.8 Å². The second-order valence-corrected chi connectivity index (χ2v) is 9.12. The van der Waals surface area contributed by atoms with Gasteiger partial charge in [-0.1, -0.05) is 30.3 Å². The Balaban J connectivity index is 2.48. The number of pyridine rings is 1. The second kappa shape index (κ2) is 11.4. The molecular formula is C21H24FN3O7S. The summed E-state index contributed by atoms with van der Waals surface area (Å²) in [5.41, 5.74) is -0.472. The van der Waals surface area contributed by atoms with Gasteiger partial charge in [-0.2, -0.15) is 0 Å². The lowest BCUT2D eigenvalue weighted by Crippen LogP contribution is -2.47. The molecular weight excluding hydrogens is 457 g/mol. The molecule has 3 N–H and O–H groups in total. The van der Waals surface area contributed by atoms with Crippen molar-refractivity contribution in [3.8, 4) is 0 Å². The minimum absolute atomic E-state index is 0.0415. The first kappa shape index (κ1) is 25.7. The Morgan fingerprint density at radius 2 is 1.79 bits per heavy atom. The number of hydrogen-bond acceptors (Lipinski definition) is 6. The number of halogens is 1. The van der Waals surface area contributed by atoms with Gasteiger partial charge >= 0.3 is 5.97 Å². The van der Waals surface area contributed by atoms with E-state index in [1.807, 2.05) is 0 Å². The number of ketones is 1. The van der Waals surface area contributed by atoms with Crippen molar-refractivity contribution in [3.63, 3.8) is 0 Å². The van der Waals surface area contributed by atoms with Gasteiger partial charge in [0.1, 0.15) is 24.4 Å². The Morgan fingerprint density at radius 1 is 1.12 bits per heavy atom. The molecule has 0 spiro atoms. The minimum Gasteiger partial charge on any atom is -0.481 e. The normalized spacial score (nSPS) is 13.0. The molecule has 0 saturated carbocycles. The molecule has 10 nitrogen and oxygen atoms in total. The summed E-state index contributed by atoms with van der Waals surface area (Å²) in [6, 6.07) is 8.23.